The molecule has 10 nitrogen and oxygen atoms in total. The number of hydroxylamine groups is 1. The first kappa shape index (κ1) is 24.1. The van der Waals surface area contributed by atoms with Crippen molar-refractivity contribution in [1.82, 2.24) is 9.87 Å². The highest BCUT2D eigenvalue weighted by molar-refractivity contribution is 6.76. The first-order valence-corrected chi connectivity index (χ1v) is 10.6. The molecule has 1 amide bonds. The maximum absolute atomic E-state index is 15.3. The smallest absolute Gasteiger partial charge is 0.366 e. The van der Waals surface area contributed by atoms with Gasteiger partial charge in [0.2, 0.25) is 5.91 Å². The summed E-state index contributed by atoms with van der Waals surface area (Å²) >= 11 is 0. The van der Waals surface area contributed by atoms with E-state index in [1.165, 1.54) is 0 Å². The minimum Gasteiger partial charge on any atom is -0.391 e. The van der Waals surface area contributed by atoms with Crippen molar-refractivity contribution in [3.63, 3.8) is 0 Å². The largest absolute Gasteiger partial charge is 0.391 e. The normalized spacial score (nSPS) is 28.0. The van der Waals surface area contributed by atoms with Crippen molar-refractivity contribution in [3.8, 4) is 0 Å². The molecule has 0 bridgehead atoms. The van der Waals surface area contributed by atoms with E-state index in [1.807, 2.05) is 20.9 Å². The Hall–Kier alpha value is -2.57. The van der Waals surface area contributed by atoms with Crippen molar-refractivity contribution in [2.75, 3.05) is 25.0 Å². The number of rotatable bonds is 3. The number of carbonyl (C=O) groups is 2. The lowest BCUT2D eigenvalue weighted by molar-refractivity contribution is -0.384. The highest BCUT2D eigenvalue weighted by Gasteiger charge is 2.45. The number of likely N-dealkylation sites (N-methyl/N-ethyl adjacent to an activating group) is 1. The van der Waals surface area contributed by atoms with Crippen LogP contribution < -0.4 is 10.4 Å². The minimum absolute atomic E-state index is 0.0682. The molecule has 2 saturated heterocycles. The van der Waals surface area contributed by atoms with Gasteiger partial charge in [0, 0.05) is 50.1 Å². The standard InChI is InChI=1S/C20H28BFN4O6/c1-11-5-18(27)20(29)21(25(30)19(28)6-11)14-7-17(26(31)32)16(8-15(14)22)24-9-12(2)23(4)13(3)10-24/h7-8,11-13,20,29-30H,5-6,9-10H2,1-4H3. The highest BCUT2D eigenvalue weighted by atomic mass is 19.1. The molecule has 32 heavy (non-hydrogen) atoms. The number of hydrogen-bond donors (Lipinski definition) is 2. The summed E-state index contributed by atoms with van der Waals surface area (Å²) in [5, 5.41) is 32.8. The maximum Gasteiger partial charge on any atom is 0.366 e. The molecule has 2 aliphatic heterocycles. The number of nitro groups is 1. The highest BCUT2D eigenvalue weighted by Crippen LogP contribution is 2.32. The average Bonchev–Trinajstić information content (AvgIpc) is 2.71. The van der Waals surface area contributed by atoms with Crippen LogP contribution in [0.25, 0.3) is 0 Å². The van der Waals surface area contributed by atoms with Gasteiger partial charge in [-0.15, -0.1) is 0 Å². The fourth-order valence-corrected chi connectivity index (χ4v) is 4.49. The van der Waals surface area contributed by atoms with E-state index >= 15 is 4.39 Å². The Morgan fingerprint density at radius 2 is 1.75 bits per heavy atom. The van der Waals surface area contributed by atoms with Crippen LogP contribution in [0.2, 0.25) is 0 Å². The van der Waals surface area contributed by atoms with Gasteiger partial charge in [-0.05, 0) is 32.3 Å². The number of anilines is 1. The Bertz CT molecular complexity index is 898. The predicted octanol–water partition coefficient (Wildman–Crippen LogP) is 0.578. The van der Waals surface area contributed by atoms with E-state index in [-0.39, 0.29) is 35.6 Å². The fourth-order valence-electron chi connectivity index (χ4n) is 4.49. The maximum atomic E-state index is 15.3. The zero-order valence-electron chi connectivity index (χ0n) is 18.6. The molecule has 2 heterocycles. The van der Waals surface area contributed by atoms with Gasteiger partial charge in [-0.3, -0.25) is 34.8 Å². The van der Waals surface area contributed by atoms with Crippen molar-refractivity contribution in [2.24, 2.45) is 5.92 Å². The number of aliphatic hydroxyl groups excluding tert-OH is 1. The van der Waals surface area contributed by atoms with E-state index in [9.17, 15) is 30.0 Å². The van der Waals surface area contributed by atoms with Gasteiger partial charge in [-0.25, -0.2) is 4.39 Å². The first-order chi connectivity index (χ1) is 14.9. The molecule has 0 radical (unpaired) electrons. The molecule has 1 aromatic carbocycles. The van der Waals surface area contributed by atoms with Gasteiger partial charge in [0.05, 0.1) is 4.92 Å². The molecule has 0 spiro atoms. The van der Waals surface area contributed by atoms with Crippen LogP contribution in [0.15, 0.2) is 12.1 Å². The monoisotopic (exact) mass is 450 g/mol. The molecule has 2 fully saturated rings. The molecule has 0 aromatic heterocycles. The van der Waals surface area contributed by atoms with Crippen molar-refractivity contribution in [3.05, 3.63) is 28.1 Å². The third-order valence-corrected chi connectivity index (χ3v) is 6.53. The Kier molecular flexibility index (Phi) is 6.87. The van der Waals surface area contributed by atoms with Crippen molar-refractivity contribution < 1.29 is 29.2 Å². The summed E-state index contributed by atoms with van der Waals surface area (Å²) in [6, 6.07) is 0.101. The number of ketones is 1. The molecule has 174 valence electrons. The molecule has 3 rings (SSSR count). The number of amides is 1. The van der Waals surface area contributed by atoms with Crippen molar-refractivity contribution in [2.45, 2.75) is 51.7 Å². The summed E-state index contributed by atoms with van der Waals surface area (Å²) < 4.78 is 15.3. The third kappa shape index (κ3) is 4.48. The number of nitro benzene ring substituents is 1. The second kappa shape index (κ2) is 9.12. The second-order valence-electron chi connectivity index (χ2n) is 9.00. The zero-order chi connectivity index (χ0) is 23.9. The van der Waals surface area contributed by atoms with Crippen LogP contribution in [0.4, 0.5) is 15.8 Å². The summed E-state index contributed by atoms with van der Waals surface area (Å²) in [6.07, 6.45) is -0.305. The van der Waals surface area contributed by atoms with Crippen LogP contribution in [0.1, 0.15) is 33.6 Å². The molecule has 4 atom stereocenters. The average molecular weight is 450 g/mol. The zero-order valence-corrected chi connectivity index (χ0v) is 18.6. The number of benzene rings is 1. The van der Waals surface area contributed by atoms with Crippen molar-refractivity contribution >= 4 is 35.4 Å². The van der Waals surface area contributed by atoms with Crippen LogP contribution >= 0.6 is 0 Å². The van der Waals surface area contributed by atoms with E-state index in [4.69, 9.17) is 0 Å². The van der Waals surface area contributed by atoms with Gasteiger partial charge in [-0.1, -0.05) is 6.92 Å². The number of nitrogens with zero attached hydrogens (tertiary/aromatic N) is 4. The molecule has 12 heteroatoms. The van der Waals surface area contributed by atoms with Crippen LogP contribution in [0, 0.1) is 21.8 Å². The van der Waals surface area contributed by atoms with Crippen LogP contribution in [0.3, 0.4) is 0 Å². The number of piperazine rings is 1. The quantitative estimate of drug-likeness (QED) is 0.296. The van der Waals surface area contributed by atoms with Crippen LogP contribution in [-0.4, -0.2) is 81.9 Å². The van der Waals surface area contributed by atoms with Gasteiger partial charge >= 0.3 is 6.85 Å². The Labute approximate surface area is 185 Å². The van der Waals surface area contributed by atoms with E-state index < -0.39 is 52.4 Å². The summed E-state index contributed by atoms with van der Waals surface area (Å²) in [6.45, 7) is 4.65. The van der Waals surface area contributed by atoms with Crippen LogP contribution in [0.5, 0.6) is 0 Å². The van der Waals surface area contributed by atoms with Gasteiger partial charge < -0.3 is 10.0 Å². The minimum atomic E-state index is -1.92. The van der Waals surface area contributed by atoms with Crippen LogP contribution in [-0.2, 0) is 9.59 Å². The molecule has 2 aliphatic rings. The lowest BCUT2D eigenvalue weighted by Crippen LogP contribution is -2.61. The van der Waals surface area contributed by atoms with E-state index in [1.54, 1.807) is 11.8 Å². The number of Topliss-reactive ketones (excluding diaryl/α,β-unsaturated/α-hetero) is 1. The van der Waals surface area contributed by atoms with E-state index in [0.717, 1.165) is 12.1 Å². The van der Waals surface area contributed by atoms with Gasteiger partial charge in [-0.2, -0.15) is 0 Å². The molecule has 1 aromatic rings. The number of carbonyl (C=O) groups excluding carboxylic acids is 2. The van der Waals surface area contributed by atoms with Gasteiger partial charge in [0.25, 0.3) is 5.69 Å². The number of hydrogen-bond acceptors (Lipinski definition) is 8. The Morgan fingerprint density at radius 3 is 2.31 bits per heavy atom. The first-order valence-electron chi connectivity index (χ1n) is 10.6. The Balaban J connectivity index is 2.08. The second-order valence-corrected chi connectivity index (χ2v) is 9.00. The van der Waals surface area contributed by atoms with E-state index in [2.05, 4.69) is 4.90 Å². The van der Waals surface area contributed by atoms with E-state index in [0.29, 0.717) is 13.1 Å². The Morgan fingerprint density at radius 1 is 1.16 bits per heavy atom. The molecule has 0 saturated carbocycles. The summed E-state index contributed by atoms with van der Waals surface area (Å²) in [5.41, 5.74) is -0.845. The summed E-state index contributed by atoms with van der Waals surface area (Å²) in [5.74, 6) is -2.85. The van der Waals surface area contributed by atoms with Crippen molar-refractivity contribution in [1.29, 1.82) is 0 Å². The molecular formula is C20H28BFN4O6. The predicted molar refractivity (Wildman–Crippen MR) is 115 cm³/mol. The molecule has 4 unspecified atom stereocenters. The summed E-state index contributed by atoms with van der Waals surface area (Å²) in [7, 11) is 1.95. The topological polar surface area (TPSA) is 127 Å². The van der Waals surface area contributed by atoms with Gasteiger partial charge in [0.15, 0.2) is 5.78 Å². The molecule has 0 aliphatic carbocycles. The van der Waals surface area contributed by atoms with Gasteiger partial charge in [0.1, 0.15) is 17.5 Å². The lowest BCUT2D eigenvalue weighted by atomic mass is 9.48. The summed E-state index contributed by atoms with van der Waals surface area (Å²) in [4.78, 5) is 39.9. The number of aliphatic hydroxyl groups is 1. The molecular weight excluding hydrogens is 422 g/mol. The molecule has 2 N–H and O–H groups in total. The lowest BCUT2D eigenvalue weighted by Gasteiger charge is -2.43. The SMILES string of the molecule is CC1CC(=O)C(O)B(c2cc([N+](=O)[O-])c(N3CC(C)N(C)C(C)C3)cc2F)N(O)C(=O)C1. The third-order valence-electron chi connectivity index (χ3n) is 6.53. The fraction of sp³-hybridized carbons (Fsp3) is 0.600. The number of halogens is 1.